The summed E-state index contributed by atoms with van der Waals surface area (Å²) in [5, 5.41) is 8.22. The summed E-state index contributed by atoms with van der Waals surface area (Å²) in [6.45, 7) is 0. The topological polar surface area (TPSA) is 38.7 Å². The van der Waals surface area contributed by atoms with Crippen LogP contribution in [0.1, 0.15) is 33.8 Å². The van der Waals surface area contributed by atoms with E-state index in [1.807, 2.05) is 0 Å². The molecule has 0 spiro atoms. The summed E-state index contributed by atoms with van der Waals surface area (Å²) in [5.74, 6) is 0. The van der Waals surface area contributed by atoms with Crippen molar-refractivity contribution in [3.8, 4) is 33.8 Å². The summed E-state index contributed by atoms with van der Waals surface area (Å²) >= 11 is 0. The minimum absolute atomic E-state index is 0.819. The number of benzene rings is 4. The van der Waals surface area contributed by atoms with Gasteiger partial charge in [0, 0.05) is 52.1 Å². The quantitative estimate of drug-likeness (QED) is 0.233. The lowest BCUT2D eigenvalue weighted by molar-refractivity contribution is 1.09. The first-order chi connectivity index (χ1) is 19.3. The summed E-state index contributed by atoms with van der Waals surface area (Å²) in [6.07, 6.45) is 2.46. The summed E-state index contributed by atoms with van der Waals surface area (Å²) < 4.78 is 0. The predicted octanol–water partition coefficient (Wildman–Crippen LogP) is 8.04. The lowest BCUT2D eigenvalue weighted by Crippen LogP contribution is -1.97. The smallest absolute Gasteiger partial charge is 0.0748 e. The molecule has 0 unspecified atom stereocenters. The van der Waals surface area contributed by atoms with Crippen LogP contribution in [0.4, 0.5) is 0 Å². The summed E-state index contributed by atoms with van der Waals surface area (Å²) in [6, 6.07) is 32.1. The second kappa shape index (κ2) is 6.95. The fraction of sp³-hybridized carbons (Fsp3) is 0.0833. The maximum absolute atomic E-state index is 5.42. The van der Waals surface area contributed by atoms with Gasteiger partial charge in [-0.25, -0.2) is 0 Å². The van der Waals surface area contributed by atoms with Crippen LogP contribution in [0.25, 0.3) is 66.1 Å². The van der Waals surface area contributed by atoms with Crippen molar-refractivity contribution >= 4 is 32.3 Å². The van der Waals surface area contributed by atoms with Gasteiger partial charge in [-0.1, -0.05) is 91.0 Å². The SMILES string of the molecule is c1ccc(-c2nc3c4c5c2Cc2nc(-c6ccccc6)c6c(c25)c2c(nc(-c5ccccc5)c(c42)C3)C6)cc1. The molecule has 0 amide bonds. The Morgan fingerprint density at radius 1 is 0.333 bits per heavy atom. The number of hydrogen-bond donors (Lipinski definition) is 0. The van der Waals surface area contributed by atoms with E-state index in [4.69, 9.17) is 15.0 Å². The Morgan fingerprint density at radius 2 is 0.615 bits per heavy atom. The fourth-order valence-corrected chi connectivity index (χ4v) is 7.56. The molecule has 180 valence electrons. The van der Waals surface area contributed by atoms with Crippen LogP contribution in [0.15, 0.2) is 91.0 Å². The van der Waals surface area contributed by atoms with Crippen LogP contribution in [0.3, 0.4) is 0 Å². The normalized spacial score (nSPS) is 13.8. The number of rotatable bonds is 3. The molecular weight excluding hydrogens is 474 g/mol. The van der Waals surface area contributed by atoms with Crippen molar-refractivity contribution in [1.82, 2.24) is 15.0 Å². The number of aromatic nitrogens is 3. The lowest BCUT2D eigenvalue weighted by Gasteiger charge is -2.13. The van der Waals surface area contributed by atoms with Gasteiger partial charge in [-0.15, -0.1) is 0 Å². The summed E-state index contributed by atoms with van der Waals surface area (Å²) in [5.41, 5.74) is 14.5. The molecule has 0 fully saturated rings. The van der Waals surface area contributed by atoms with E-state index in [1.54, 1.807) is 0 Å². The highest BCUT2D eigenvalue weighted by Crippen LogP contribution is 2.55. The molecule has 3 aliphatic carbocycles. The molecular formula is C36H21N3. The maximum Gasteiger partial charge on any atom is 0.0748 e. The zero-order chi connectivity index (χ0) is 25.2. The first-order valence-electron chi connectivity index (χ1n) is 13.7. The largest absolute Gasteiger partial charge is 0.251 e. The van der Waals surface area contributed by atoms with Crippen molar-refractivity contribution in [2.24, 2.45) is 0 Å². The molecule has 3 nitrogen and oxygen atoms in total. The number of hydrogen-bond acceptors (Lipinski definition) is 3. The van der Waals surface area contributed by atoms with Crippen molar-refractivity contribution in [2.45, 2.75) is 19.3 Å². The molecule has 0 saturated heterocycles. The van der Waals surface area contributed by atoms with E-state index < -0.39 is 0 Å². The Bertz CT molecular complexity index is 1930. The highest BCUT2D eigenvalue weighted by atomic mass is 14.8. The van der Waals surface area contributed by atoms with Gasteiger partial charge in [-0.3, -0.25) is 15.0 Å². The van der Waals surface area contributed by atoms with Crippen molar-refractivity contribution in [1.29, 1.82) is 0 Å². The molecule has 7 aromatic rings. The van der Waals surface area contributed by atoms with Gasteiger partial charge in [0.25, 0.3) is 0 Å². The maximum atomic E-state index is 5.42. The molecule has 4 aromatic carbocycles. The van der Waals surface area contributed by atoms with E-state index in [2.05, 4.69) is 91.0 Å². The fourth-order valence-electron chi connectivity index (χ4n) is 7.56. The minimum atomic E-state index is 0.819. The van der Waals surface area contributed by atoms with Crippen LogP contribution >= 0.6 is 0 Å². The van der Waals surface area contributed by atoms with Crippen molar-refractivity contribution in [2.75, 3.05) is 0 Å². The number of nitrogens with zero attached hydrogens (tertiary/aromatic N) is 3. The molecule has 39 heavy (non-hydrogen) atoms. The Labute approximate surface area is 224 Å². The molecule has 3 heterocycles. The average Bonchev–Trinajstić information content (AvgIpc) is 3.68. The van der Waals surface area contributed by atoms with Crippen LogP contribution in [0.5, 0.6) is 0 Å². The molecule has 3 heteroatoms. The molecule has 0 bridgehead atoms. The molecule has 3 aromatic heterocycles. The number of pyridine rings is 3. The molecule has 0 saturated carbocycles. The van der Waals surface area contributed by atoms with Crippen LogP contribution < -0.4 is 0 Å². The van der Waals surface area contributed by atoms with E-state index in [0.717, 1.165) is 36.3 Å². The first-order valence-corrected chi connectivity index (χ1v) is 13.7. The molecule has 0 aliphatic heterocycles. The molecule has 0 radical (unpaired) electrons. The zero-order valence-corrected chi connectivity index (χ0v) is 21.1. The standard InChI is InChI=1S/C36H21N3/c1-4-10-19(11-5-1)34-22-16-26-32-28(22)31-25(37-34)17-23-29(31)33-27(39-35(23)20-12-6-2-7-13-20)18-24(30(32)33)36(38-26)21-14-8-3-9-15-21/h1-15H,16-18H2. The van der Waals surface area contributed by atoms with Crippen LogP contribution in [-0.4, -0.2) is 15.0 Å². The third kappa shape index (κ3) is 2.42. The van der Waals surface area contributed by atoms with Gasteiger partial charge >= 0.3 is 0 Å². The van der Waals surface area contributed by atoms with Gasteiger partial charge in [0.1, 0.15) is 0 Å². The van der Waals surface area contributed by atoms with E-state index in [-0.39, 0.29) is 0 Å². The van der Waals surface area contributed by atoms with Gasteiger partial charge in [0.2, 0.25) is 0 Å². The molecule has 0 atom stereocenters. The van der Waals surface area contributed by atoms with Crippen LogP contribution in [-0.2, 0) is 19.3 Å². The van der Waals surface area contributed by atoms with E-state index in [1.165, 1.54) is 82.8 Å². The molecule has 10 rings (SSSR count). The Hall–Kier alpha value is -4.89. The molecule has 3 aliphatic rings. The van der Waals surface area contributed by atoms with Crippen molar-refractivity contribution in [3.05, 3.63) is 125 Å². The monoisotopic (exact) mass is 495 g/mol. The predicted molar refractivity (Wildman–Crippen MR) is 157 cm³/mol. The Kier molecular flexibility index (Phi) is 3.58. The summed E-state index contributed by atoms with van der Waals surface area (Å²) in [7, 11) is 0. The van der Waals surface area contributed by atoms with Crippen molar-refractivity contribution < 1.29 is 0 Å². The van der Waals surface area contributed by atoms with Gasteiger partial charge in [-0.2, -0.15) is 0 Å². The van der Waals surface area contributed by atoms with Gasteiger partial charge in [0.15, 0.2) is 0 Å². The zero-order valence-electron chi connectivity index (χ0n) is 21.1. The minimum Gasteiger partial charge on any atom is -0.251 e. The van der Waals surface area contributed by atoms with E-state index >= 15 is 0 Å². The first kappa shape index (κ1) is 20.1. The second-order valence-corrected chi connectivity index (χ2v) is 11.0. The Morgan fingerprint density at radius 3 is 0.897 bits per heavy atom. The third-order valence-electron chi connectivity index (χ3n) is 9.04. The second-order valence-electron chi connectivity index (χ2n) is 11.0. The Balaban J connectivity index is 1.42. The lowest BCUT2D eigenvalue weighted by atomic mass is 9.94. The van der Waals surface area contributed by atoms with E-state index in [9.17, 15) is 0 Å². The average molecular weight is 496 g/mol. The van der Waals surface area contributed by atoms with Crippen LogP contribution in [0, 0.1) is 0 Å². The van der Waals surface area contributed by atoms with Gasteiger partial charge in [0.05, 0.1) is 34.2 Å². The van der Waals surface area contributed by atoms with Crippen LogP contribution in [0.2, 0.25) is 0 Å². The van der Waals surface area contributed by atoms with Gasteiger partial charge < -0.3 is 0 Å². The highest BCUT2D eigenvalue weighted by Gasteiger charge is 2.37. The third-order valence-corrected chi connectivity index (χ3v) is 9.04. The van der Waals surface area contributed by atoms with Crippen molar-refractivity contribution in [3.63, 3.8) is 0 Å². The van der Waals surface area contributed by atoms with E-state index in [0.29, 0.717) is 0 Å². The van der Waals surface area contributed by atoms with Gasteiger partial charge in [-0.05, 0) is 32.8 Å². The molecule has 0 N–H and O–H groups in total. The highest BCUT2D eigenvalue weighted by molar-refractivity contribution is 6.34. The summed E-state index contributed by atoms with van der Waals surface area (Å²) in [4.78, 5) is 16.3.